The number of likely N-dealkylation sites (tertiary alicyclic amines) is 1. The van der Waals surface area contributed by atoms with Crippen LogP contribution in [0.5, 0.6) is 0 Å². The highest BCUT2D eigenvalue weighted by atomic mass is 32.1. The first-order chi connectivity index (χ1) is 13.7. The normalized spacial score (nSPS) is 18.9. The number of thiazole rings is 1. The molecule has 0 bridgehead atoms. The Morgan fingerprint density at radius 3 is 2.64 bits per heavy atom. The molecule has 0 saturated carbocycles. The lowest BCUT2D eigenvalue weighted by molar-refractivity contribution is -0.187. The Labute approximate surface area is 167 Å². The van der Waals surface area contributed by atoms with Crippen molar-refractivity contribution >= 4 is 22.2 Å². The van der Waals surface area contributed by atoms with Gasteiger partial charge in [-0.05, 0) is 6.42 Å². The Hall–Kier alpha value is -2.22. The topological polar surface area (TPSA) is 56.1 Å². The SMILES string of the molecule is O=C(CCc1csc2nc(-c3ccccc3)cn12)N1CCC2(CC1)OCCO2. The molecule has 6 nitrogen and oxygen atoms in total. The van der Waals surface area contributed by atoms with Gasteiger partial charge in [-0.25, -0.2) is 4.98 Å². The van der Waals surface area contributed by atoms with Gasteiger partial charge in [0.25, 0.3) is 0 Å². The largest absolute Gasteiger partial charge is 0.347 e. The van der Waals surface area contributed by atoms with E-state index in [4.69, 9.17) is 14.5 Å². The van der Waals surface area contributed by atoms with Crippen LogP contribution in [0.3, 0.4) is 0 Å². The minimum Gasteiger partial charge on any atom is -0.347 e. The van der Waals surface area contributed by atoms with Gasteiger partial charge in [-0.3, -0.25) is 9.20 Å². The molecule has 3 aromatic rings. The first kappa shape index (κ1) is 17.8. The van der Waals surface area contributed by atoms with Crippen LogP contribution in [0, 0.1) is 0 Å². The number of benzene rings is 1. The molecule has 2 aromatic heterocycles. The van der Waals surface area contributed by atoms with E-state index in [0.717, 1.165) is 41.2 Å². The Morgan fingerprint density at radius 2 is 1.89 bits per heavy atom. The number of rotatable bonds is 4. The lowest BCUT2D eigenvalue weighted by Gasteiger charge is -2.37. The van der Waals surface area contributed by atoms with Crippen molar-refractivity contribution in [1.82, 2.24) is 14.3 Å². The van der Waals surface area contributed by atoms with Crippen LogP contribution >= 0.6 is 11.3 Å². The number of hydrogen-bond donors (Lipinski definition) is 0. The fourth-order valence-corrected chi connectivity index (χ4v) is 4.94. The van der Waals surface area contributed by atoms with Gasteiger partial charge < -0.3 is 14.4 Å². The highest BCUT2D eigenvalue weighted by Gasteiger charge is 2.40. The molecule has 2 saturated heterocycles. The molecule has 0 unspecified atom stereocenters. The van der Waals surface area contributed by atoms with E-state index < -0.39 is 5.79 Å². The van der Waals surface area contributed by atoms with Gasteiger partial charge in [0.1, 0.15) is 0 Å². The number of hydrogen-bond acceptors (Lipinski definition) is 5. The third kappa shape index (κ3) is 3.34. The molecule has 0 radical (unpaired) electrons. The van der Waals surface area contributed by atoms with E-state index >= 15 is 0 Å². The summed E-state index contributed by atoms with van der Waals surface area (Å²) in [6, 6.07) is 10.2. The van der Waals surface area contributed by atoms with E-state index in [9.17, 15) is 4.79 Å². The Morgan fingerprint density at radius 1 is 1.14 bits per heavy atom. The van der Waals surface area contributed by atoms with E-state index in [1.54, 1.807) is 11.3 Å². The minimum absolute atomic E-state index is 0.204. The average Bonchev–Trinajstić information content (AvgIpc) is 3.44. The molecule has 1 amide bonds. The van der Waals surface area contributed by atoms with E-state index in [0.29, 0.717) is 32.7 Å². The molecule has 1 spiro atoms. The number of ether oxygens (including phenoxy) is 2. The molecule has 2 aliphatic heterocycles. The molecule has 7 heteroatoms. The van der Waals surface area contributed by atoms with Crippen molar-refractivity contribution in [3.8, 4) is 11.3 Å². The summed E-state index contributed by atoms with van der Waals surface area (Å²) >= 11 is 1.62. The number of fused-ring (bicyclic) bond motifs is 1. The summed E-state index contributed by atoms with van der Waals surface area (Å²) in [6.45, 7) is 2.75. The molecule has 0 atom stereocenters. The number of aryl methyl sites for hydroxylation is 1. The van der Waals surface area contributed by atoms with Crippen LogP contribution in [0.1, 0.15) is 25.0 Å². The Balaban J connectivity index is 1.22. The smallest absolute Gasteiger partial charge is 0.222 e. The van der Waals surface area contributed by atoms with Gasteiger partial charge in [0, 0.05) is 55.2 Å². The van der Waals surface area contributed by atoms with Gasteiger partial charge >= 0.3 is 0 Å². The molecule has 5 rings (SSSR count). The van der Waals surface area contributed by atoms with Crippen LogP contribution < -0.4 is 0 Å². The number of imidazole rings is 1. The van der Waals surface area contributed by atoms with E-state index in [-0.39, 0.29) is 5.91 Å². The Kier molecular flexibility index (Phi) is 4.66. The second kappa shape index (κ2) is 7.31. The molecule has 1 aromatic carbocycles. The maximum Gasteiger partial charge on any atom is 0.222 e. The van der Waals surface area contributed by atoms with E-state index in [1.807, 2.05) is 23.1 Å². The lowest BCUT2D eigenvalue weighted by atomic mass is 10.0. The van der Waals surface area contributed by atoms with E-state index in [2.05, 4.69) is 28.1 Å². The van der Waals surface area contributed by atoms with Crippen molar-refractivity contribution in [3.05, 3.63) is 47.6 Å². The monoisotopic (exact) mass is 397 g/mol. The first-order valence-electron chi connectivity index (χ1n) is 9.79. The van der Waals surface area contributed by atoms with Crippen molar-refractivity contribution in [3.63, 3.8) is 0 Å². The number of nitrogens with zero attached hydrogens (tertiary/aromatic N) is 3. The van der Waals surface area contributed by atoms with E-state index in [1.165, 1.54) is 0 Å². The fraction of sp³-hybridized carbons (Fsp3) is 0.429. The van der Waals surface area contributed by atoms with Crippen molar-refractivity contribution in [2.24, 2.45) is 0 Å². The number of carbonyl (C=O) groups is 1. The summed E-state index contributed by atoms with van der Waals surface area (Å²) in [5, 5.41) is 2.11. The highest BCUT2D eigenvalue weighted by Crippen LogP contribution is 2.31. The van der Waals surface area contributed by atoms with Crippen molar-refractivity contribution in [1.29, 1.82) is 0 Å². The summed E-state index contributed by atoms with van der Waals surface area (Å²) in [6.07, 6.45) is 4.84. The van der Waals surface area contributed by atoms with Gasteiger partial charge in [0.05, 0.1) is 18.9 Å². The standard InChI is InChI=1S/C21H23N3O3S/c25-19(23-10-8-21(9-11-23)26-12-13-27-21)7-6-17-15-28-20-22-18(14-24(17)20)16-4-2-1-3-5-16/h1-5,14-15H,6-13H2. The zero-order valence-electron chi connectivity index (χ0n) is 15.7. The number of carbonyl (C=O) groups excluding carboxylic acids is 1. The maximum atomic E-state index is 12.7. The quantitative estimate of drug-likeness (QED) is 0.677. The predicted octanol–water partition coefficient (Wildman–Crippen LogP) is 3.36. The van der Waals surface area contributed by atoms with Crippen LogP contribution in [0.15, 0.2) is 41.9 Å². The molecule has 2 fully saturated rings. The average molecular weight is 398 g/mol. The predicted molar refractivity (Wildman–Crippen MR) is 107 cm³/mol. The summed E-state index contributed by atoms with van der Waals surface area (Å²) < 4.78 is 13.6. The van der Waals surface area contributed by atoms with Crippen LogP contribution in [0.2, 0.25) is 0 Å². The minimum atomic E-state index is -0.430. The van der Waals surface area contributed by atoms with Crippen LogP contribution in [0.25, 0.3) is 16.2 Å². The molecular weight excluding hydrogens is 374 g/mol. The number of aromatic nitrogens is 2. The zero-order chi connectivity index (χ0) is 19.0. The molecule has 28 heavy (non-hydrogen) atoms. The Bertz CT molecular complexity index is 965. The summed E-state index contributed by atoms with van der Waals surface area (Å²) in [5.74, 6) is -0.225. The summed E-state index contributed by atoms with van der Waals surface area (Å²) in [4.78, 5) is 20.3. The molecule has 0 N–H and O–H groups in total. The van der Waals surface area contributed by atoms with Crippen molar-refractivity contribution in [2.75, 3.05) is 26.3 Å². The maximum absolute atomic E-state index is 12.7. The first-order valence-corrected chi connectivity index (χ1v) is 10.7. The van der Waals surface area contributed by atoms with Crippen LogP contribution in [-0.4, -0.2) is 52.3 Å². The number of amides is 1. The van der Waals surface area contributed by atoms with Crippen molar-refractivity contribution < 1.29 is 14.3 Å². The van der Waals surface area contributed by atoms with Gasteiger partial charge in [-0.15, -0.1) is 11.3 Å². The molecule has 0 aliphatic carbocycles. The molecule has 2 aliphatic rings. The molecular formula is C21H23N3O3S. The fourth-order valence-electron chi connectivity index (χ4n) is 4.03. The second-order valence-corrected chi connectivity index (χ2v) is 8.20. The van der Waals surface area contributed by atoms with Gasteiger partial charge in [0.2, 0.25) is 5.91 Å². The molecule has 4 heterocycles. The summed E-state index contributed by atoms with van der Waals surface area (Å²) in [7, 11) is 0. The highest BCUT2D eigenvalue weighted by molar-refractivity contribution is 7.15. The number of piperidine rings is 1. The van der Waals surface area contributed by atoms with Gasteiger partial charge in [0.15, 0.2) is 10.7 Å². The van der Waals surface area contributed by atoms with Gasteiger partial charge in [-0.1, -0.05) is 30.3 Å². The van der Waals surface area contributed by atoms with Crippen LogP contribution in [0.4, 0.5) is 0 Å². The molecule has 146 valence electrons. The second-order valence-electron chi connectivity index (χ2n) is 7.36. The van der Waals surface area contributed by atoms with Crippen molar-refractivity contribution in [2.45, 2.75) is 31.5 Å². The van der Waals surface area contributed by atoms with Gasteiger partial charge in [-0.2, -0.15) is 0 Å². The zero-order valence-corrected chi connectivity index (χ0v) is 16.5. The summed E-state index contributed by atoms with van der Waals surface area (Å²) in [5.41, 5.74) is 3.22. The van der Waals surface area contributed by atoms with Crippen LogP contribution in [-0.2, 0) is 20.7 Å². The third-order valence-electron chi connectivity index (χ3n) is 5.64. The third-order valence-corrected chi connectivity index (χ3v) is 6.53. The lowest BCUT2D eigenvalue weighted by Crippen LogP contribution is -2.47.